The molecule has 6 nitrogen and oxygen atoms in total. The highest BCUT2D eigenvalue weighted by Crippen LogP contribution is 2.27. The highest BCUT2D eigenvalue weighted by molar-refractivity contribution is 7.89. The van der Waals surface area contributed by atoms with Crippen LogP contribution in [-0.2, 0) is 10.0 Å². The number of hydrogen-bond acceptors (Lipinski definition) is 5. The summed E-state index contributed by atoms with van der Waals surface area (Å²) in [5.74, 6) is 0.537. The van der Waals surface area contributed by atoms with Crippen molar-refractivity contribution in [3.63, 3.8) is 0 Å². The van der Waals surface area contributed by atoms with Crippen molar-refractivity contribution in [2.75, 3.05) is 25.0 Å². The molecule has 1 fully saturated rings. The van der Waals surface area contributed by atoms with Crippen molar-refractivity contribution < 1.29 is 13.5 Å². The second kappa shape index (κ2) is 5.07. The topological polar surface area (TPSA) is 82.5 Å². The Hall–Kier alpha value is -1.18. The molecule has 0 saturated carbocycles. The second-order valence-electron chi connectivity index (χ2n) is 4.99. The van der Waals surface area contributed by atoms with Crippen LogP contribution in [0.25, 0.3) is 0 Å². The lowest BCUT2D eigenvalue weighted by atomic mass is 10.1. The SMILES string of the molecule is CCNc1cc(S(=O)(=O)N2CCC(C)(O)C2)ccn1. The Morgan fingerprint density at radius 3 is 2.89 bits per heavy atom. The summed E-state index contributed by atoms with van der Waals surface area (Å²) in [5, 5.41) is 12.9. The molecule has 1 aromatic heterocycles. The summed E-state index contributed by atoms with van der Waals surface area (Å²) in [6, 6.07) is 3.00. The van der Waals surface area contributed by atoms with Gasteiger partial charge in [-0.15, -0.1) is 0 Å². The van der Waals surface area contributed by atoms with Crippen molar-refractivity contribution in [3.05, 3.63) is 18.3 Å². The summed E-state index contributed by atoms with van der Waals surface area (Å²) in [6.07, 6.45) is 1.93. The largest absolute Gasteiger partial charge is 0.389 e. The molecule has 1 unspecified atom stereocenters. The van der Waals surface area contributed by atoms with Gasteiger partial charge in [0, 0.05) is 31.9 Å². The van der Waals surface area contributed by atoms with Crippen LogP contribution in [0, 0.1) is 0 Å². The minimum atomic E-state index is -3.56. The number of β-amino-alcohol motifs (C(OH)–C–C–N with tert-alkyl or cyclic N) is 1. The molecule has 0 aliphatic carbocycles. The molecule has 19 heavy (non-hydrogen) atoms. The van der Waals surface area contributed by atoms with E-state index in [4.69, 9.17) is 0 Å². The maximum atomic E-state index is 12.4. The number of hydrogen-bond donors (Lipinski definition) is 2. The number of aromatic nitrogens is 1. The summed E-state index contributed by atoms with van der Waals surface area (Å²) in [7, 11) is -3.56. The van der Waals surface area contributed by atoms with Crippen molar-refractivity contribution in [2.45, 2.75) is 30.8 Å². The quantitative estimate of drug-likeness (QED) is 0.849. The van der Waals surface area contributed by atoms with E-state index in [9.17, 15) is 13.5 Å². The predicted molar refractivity (Wildman–Crippen MR) is 72.4 cm³/mol. The van der Waals surface area contributed by atoms with Crippen LogP contribution in [0.4, 0.5) is 5.82 Å². The first-order valence-electron chi connectivity index (χ1n) is 6.28. The number of rotatable bonds is 4. The molecule has 1 aliphatic rings. The summed E-state index contributed by atoms with van der Waals surface area (Å²) in [4.78, 5) is 4.26. The first kappa shape index (κ1) is 14.2. The number of aliphatic hydroxyl groups is 1. The van der Waals surface area contributed by atoms with Crippen LogP contribution in [0.2, 0.25) is 0 Å². The third-order valence-corrected chi connectivity index (χ3v) is 4.99. The zero-order chi connectivity index (χ0) is 14.1. The molecule has 0 amide bonds. The van der Waals surface area contributed by atoms with Crippen molar-refractivity contribution in [1.82, 2.24) is 9.29 Å². The number of pyridine rings is 1. The van der Waals surface area contributed by atoms with E-state index >= 15 is 0 Å². The van der Waals surface area contributed by atoms with E-state index in [-0.39, 0.29) is 11.4 Å². The Morgan fingerprint density at radius 2 is 2.32 bits per heavy atom. The molecule has 1 saturated heterocycles. The molecule has 0 radical (unpaired) electrons. The van der Waals surface area contributed by atoms with Crippen LogP contribution < -0.4 is 5.32 Å². The number of nitrogens with one attached hydrogen (secondary N) is 1. The van der Waals surface area contributed by atoms with Gasteiger partial charge in [-0.1, -0.05) is 0 Å². The zero-order valence-corrected chi connectivity index (χ0v) is 11.9. The van der Waals surface area contributed by atoms with Gasteiger partial charge >= 0.3 is 0 Å². The normalized spacial score (nSPS) is 24.6. The molecular weight excluding hydrogens is 266 g/mol. The maximum Gasteiger partial charge on any atom is 0.243 e. The highest BCUT2D eigenvalue weighted by Gasteiger charge is 2.38. The van der Waals surface area contributed by atoms with E-state index in [1.165, 1.54) is 22.6 Å². The molecule has 2 heterocycles. The maximum absolute atomic E-state index is 12.4. The molecule has 7 heteroatoms. The highest BCUT2D eigenvalue weighted by atomic mass is 32.2. The second-order valence-corrected chi connectivity index (χ2v) is 6.93. The molecule has 106 valence electrons. The van der Waals surface area contributed by atoms with Gasteiger partial charge in [-0.2, -0.15) is 4.31 Å². The van der Waals surface area contributed by atoms with E-state index in [2.05, 4.69) is 10.3 Å². The fraction of sp³-hybridized carbons (Fsp3) is 0.583. The Morgan fingerprint density at radius 1 is 1.58 bits per heavy atom. The Kier molecular flexibility index (Phi) is 3.80. The fourth-order valence-corrected chi connectivity index (χ4v) is 3.68. The molecule has 0 aromatic carbocycles. The Balaban J connectivity index is 2.27. The minimum Gasteiger partial charge on any atom is -0.389 e. The van der Waals surface area contributed by atoms with E-state index < -0.39 is 15.6 Å². The number of sulfonamides is 1. The summed E-state index contributed by atoms with van der Waals surface area (Å²) >= 11 is 0. The Labute approximate surface area is 113 Å². The van der Waals surface area contributed by atoms with E-state index in [1.807, 2.05) is 6.92 Å². The lowest BCUT2D eigenvalue weighted by Gasteiger charge is -2.19. The van der Waals surface area contributed by atoms with Crippen molar-refractivity contribution >= 4 is 15.8 Å². The third kappa shape index (κ3) is 3.05. The van der Waals surface area contributed by atoms with Gasteiger partial charge in [0.15, 0.2) is 0 Å². The molecule has 1 aromatic rings. The Bertz CT molecular complexity index is 557. The average Bonchev–Trinajstić information content (AvgIpc) is 2.71. The standard InChI is InChI=1S/C12H19N3O3S/c1-3-13-11-8-10(4-6-14-11)19(17,18)15-7-5-12(2,16)9-15/h4,6,8,16H,3,5,7,9H2,1-2H3,(H,13,14). The molecule has 1 atom stereocenters. The lowest BCUT2D eigenvalue weighted by Crippen LogP contribution is -2.34. The third-order valence-electron chi connectivity index (χ3n) is 3.14. The van der Waals surface area contributed by atoms with E-state index in [0.717, 1.165) is 0 Å². The molecular formula is C12H19N3O3S. The lowest BCUT2D eigenvalue weighted by molar-refractivity contribution is 0.0762. The van der Waals surface area contributed by atoms with Crippen LogP contribution in [0.1, 0.15) is 20.3 Å². The molecule has 2 N–H and O–H groups in total. The van der Waals surface area contributed by atoms with Gasteiger partial charge in [0.05, 0.1) is 10.5 Å². The minimum absolute atomic E-state index is 0.133. The van der Waals surface area contributed by atoms with Crippen LogP contribution in [0.5, 0.6) is 0 Å². The van der Waals surface area contributed by atoms with Gasteiger partial charge in [-0.3, -0.25) is 0 Å². The number of anilines is 1. The van der Waals surface area contributed by atoms with Gasteiger partial charge in [0.25, 0.3) is 0 Å². The van der Waals surface area contributed by atoms with Crippen molar-refractivity contribution in [3.8, 4) is 0 Å². The van der Waals surface area contributed by atoms with E-state index in [0.29, 0.717) is 25.3 Å². The fourth-order valence-electron chi connectivity index (χ4n) is 2.11. The van der Waals surface area contributed by atoms with Crippen LogP contribution in [-0.4, -0.2) is 48.0 Å². The van der Waals surface area contributed by atoms with E-state index in [1.54, 1.807) is 6.92 Å². The van der Waals surface area contributed by atoms with Gasteiger partial charge < -0.3 is 10.4 Å². The van der Waals surface area contributed by atoms with Crippen molar-refractivity contribution in [2.24, 2.45) is 0 Å². The predicted octanol–water partition coefficient (Wildman–Crippen LogP) is 0.659. The first-order valence-corrected chi connectivity index (χ1v) is 7.72. The van der Waals surface area contributed by atoms with Gasteiger partial charge in [-0.05, 0) is 26.3 Å². The van der Waals surface area contributed by atoms with Crippen LogP contribution in [0.3, 0.4) is 0 Å². The first-order chi connectivity index (χ1) is 8.85. The summed E-state index contributed by atoms with van der Waals surface area (Å²) < 4.78 is 26.2. The van der Waals surface area contributed by atoms with Gasteiger partial charge in [-0.25, -0.2) is 13.4 Å². The summed E-state index contributed by atoms with van der Waals surface area (Å²) in [6.45, 7) is 4.72. The van der Waals surface area contributed by atoms with Gasteiger partial charge in [0.1, 0.15) is 5.82 Å². The monoisotopic (exact) mass is 285 g/mol. The van der Waals surface area contributed by atoms with Crippen LogP contribution >= 0.6 is 0 Å². The molecule has 1 aliphatic heterocycles. The smallest absolute Gasteiger partial charge is 0.243 e. The van der Waals surface area contributed by atoms with Crippen molar-refractivity contribution in [1.29, 1.82) is 0 Å². The number of nitrogens with zero attached hydrogens (tertiary/aromatic N) is 2. The van der Waals surface area contributed by atoms with Gasteiger partial charge in [0.2, 0.25) is 10.0 Å². The average molecular weight is 285 g/mol. The molecule has 0 bridgehead atoms. The summed E-state index contributed by atoms with van der Waals surface area (Å²) in [5.41, 5.74) is -0.940. The van der Waals surface area contributed by atoms with Crippen LogP contribution in [0.15, 0.2) is 23.2 Å². The molecule has 2 rings (SSSR count). The zero-order valence-electron chi connectivity index (χ0n) is 11.1. The molecule has 0 spiro atoms.